The fourth-order valence-electron chi connectivity index (χ4n) is 2.94. The van der Waals surface area contributed by atoms with Gasteiger partial charge in [0.05, 0.1) is 25.3 Å². The van der Waals surface area contributed by atoms with E-state index in [0.29, 0.717) is 18.0 Å². The number of aromatic nitrogens is 4. The van der Waals surface area contributed by atoms with Crippen LogP contribution in [0, 0.1) is 0 Å². The van der Waals surface area contributed by atoms with E-state index in [1.54, 1.807) is 12.3 Å². The van der Waals surface area contributed by atoms with Crippen LogP contribution in [-0.4, -0.2) is 39.4 Å². The van der Waals surface area contributed by atoms with E-state index >= 15 is 0 Å². The molecule has 0 aliphatic carbocycles. The molecule has 3 rings (SSSR count). The molecule has 122 valence electrons. The second-order valence-corrected chi connectivity index (χ2v) is 6.13. The van der Waals surface area contributed by atoms with Crippen molar-refractivity contribution in [2.45, 2.75) is 39.3 Å². The first-order valence-corrected chi connectivity index (χ1v) is 7.74. The molecule has 7 heteroatoms. The zero-order valence-electron chi connectivity index (χ0n) is 13.9. The first-order valence-electron chi connectivity index (χ1n) is 7.74. The third-order valence-electron chi connectivity index (χ3n) is 4.06. The van der Waals surface area contributed by atoms with Crippen molar-refractivity contribution in [3.05, 3.63) is 35.5 Å². The molecule has 1 atom stereocenters. The number of esters is 1. The van der Waals surface area contributed by atoms with Crippen LogP contribution < -0.4 is 4.90 Å². The number of hydrogen-bond donors (Lipinski definition) is 0. The highest BCUT2D eigenvalue weighted by molar-refractivity contribution is 5.89. The SMILES string of the molecule is COC(=O)c1ccc(N2Cc3nnc(C(C)C)n3[C@@H](C)C2)nc1. The standard InChI is InChI=1S/C16H21N5O2/c1-10(2)15-19-18-14-9-20(8-11(3)21(14)15)13-6-5-12(7-17-13)16(22)23-4/h5-7,10-11H,8-9H2,1-4H3/t11-/m0/s1. The number of methoxy groups -OCH3 is 1. The fraction of sp³-hybridized carbons (Fsp3) is 0.500. The van der Waals surface area contributed by atoms with Crippen LogP contribution in [0.3, 0.4) is 0 Å². The van der Waals surface area contributed by atoms with Crippen molar-refractivity contribution in [1.82, 2.24) is 19.7 Å². The van der Waals surface area contributed by atoms with Crippen LogP contribution in [0.2, 0.25) is 0 Å². The zero-order valence-corrected chi connectivity index (χ0v) is 13.9. The van der Waals surface area contributed by atoms with Gasteiger partial charge in [0.1, 0.15) is 11.6 Å². The molecule has 23 heavy (non-hydrogen) atoms. The van der Waals surface area contributed by atoms with E-state index in [1.165, 1.54) is 7.11 Å². The molecular formula is C16H21N5O2. The number of rotatable bonds is 3. The van der Waals surface area contributed by atoms with Crippen molar-refractivity contribution in [1.29, 1.82) is 0 Å². The average molecular weight is 315 g/mol. The molecule has 0 bridgehead atoms. The van der Waals surface area contributed by atoms with Crippen LogP contribution in [0.1, 0.15) is 54.7 Å². The van der Waals surface area contributed by atoms with Gasteiger partial charge in [0.15, 0.2) is 5.82 Å². The lowest BCUT2D eigenvalue weighted by molar-refractivity contribution is 0.0600. The summed E-state index contributed by atoms with van der Waals surface area (Å²) >= 11 is 0. The summed E-state index contributed by atoms with van der Waals surface area (Å²) < 4.78 is 6.92. The summed E-state index contributed by atoms with van der Waals surface area (Å²) in [6, 6.07) is 3.85. The van der Waals surface area contributed by atoms with Gasteiger partial charge in [0, 0.05) is 18.7 Å². The molecule has 1 aliphatic rings. The molecule has 0 aromatic carbocycles. The van der Waals surface area contributed by atoms with Crippen LogP contribution in [-0.2, 0) is 11.3 Å². The number of anilines is 1. The minimum absolute atomic E-state index is 0.272. The van der Waals surface area contributed by atoms with E-state index in [2.05, 4.69) is 45.4 Å². The van der Waals surface area contributed by atoms with Gasteiger partial charge in [-0.2, -0.15) is 0 Å². The largest absolute Gasteiger partial charge is 0.465 e. The molecule has 0 saturated carbocycles. The van der Waals surface area contributed by atoms with Gasteiger partial charge in [-0.05, 0) is 19.1 Å². The van der Waals surface area contributed by atoms with Crippen molar-refractivity contribution in [3.63, 3.8) is 0 Å². The lowest BCUT2D eigenvalue weighted by atomic mass is 10.1. The van der Waals surface area contributed by atoms with Crippen LogP contribution in [0.15, 0.2) is 18.3 Å². The Labute approximate surface area is 135 Å². The number of ether oxygens (including phenoxy) is 1. The third-order valence-corrected chi connectivity index (χ3v) is 4.06. The highest BCUT2D eigenvalue weighted by Gasteiger charge is 2.28. The number of fused-ring (bicyclic) bond motifs is 1. The molecule has 0 fully saturated rings. The first kappa shape index (κ1) is 15.5. The highest BCUT2D eigenvalue weighted by atomic mass is 16.5. The molecule has 0 amide bonds. The topological polar surface area (TPSA) is 73.1 Å². The molecular weight excluding hydrogens is 294 g/mol. The van der Waals surface area contributed by atoms with Crippen LogP contribution >= 0.6 is 0 Å². The van der Waals surface area contributed by atoms with Gasteiger partial charge in [-0.3, -0.25) is 0 Å². The Morgan fingerprint density at radius 3 is 2.74 bits per heavy atom. The minimum Gasteiger partial charge on any atom is -0.465 e. The number of hydrogen-bond acceptors (Lipinski definition) is 6. The average Bonchev–Trinajstić information content (AvgIpc) is 2.99. The number of carbonyl (C=O) groups excluding carboxylic acids is 1. The van der Waals surface area contributed by atoms with Gasteiger partial charge in [-0.25, -0.2) is 9.78 Å². The molecule has 1 aliphatic heterocycles. The van der Waals surface area contributed by atoms with Crippen LogP contribution in [0.25, 0.3) is 0 Å². The molecule has 0 spiro atoms. The van der Waals surface area contributed by atoms with Gasteiger partial charge in [-0.1, -0.05) is 13.8 Å². The van der Waals surface area contributed by atoms with Crippen molar-refractivity contribution in [2.75, 3.05) is 18.6 Å². The van der Waals surface area contributed by atoms with Gasteiger partial charge in [0.2, 0.25) is 0 Å². The van der Waals surface area contributed by atoms with E-state index in [0.717, 1.165) is 24.0 Å². The Bertz CT molecular complexity index is 708. The fourth-order valence-corrected chi connectivity index (χ4v) is 2.94. The normalized spacial score (nSPS) is 17.3. The van der Waals surface area contributed by atoms with Crippen molar-refractivity contribution in [2.24, 2.45) is 0 Å². The molecule has 0 saturated heterocycles. The summed E-state index contributed by atoms with van der Waals surface area (Å²) in [5.74, 6) is 2.78. The Balaban J connectivity index is 1.84. The van der Waals surface area contributed by atoms with Gasteiger partial charge in [-0.15, -0.1) is 10.2 Å². The summed E-state index contributed by atoms with van der Waals surface area (Å²) in [4.78, 5) is 18.0. The van der Waals surface area contributed by atoms with Crippen LogP contribution in [0.5, 0.6) is 0 Å². The maximum absolute atomic E-state index is 11.5. The molecule has 0 N–H and O–H groups in total. The monoisotopic (exact) mass is 315 g/mol. The second-order valence-electron chi connectivity index (χ2n) is 6.13. The quantitative estimate of drug-likeness (QED) is 0.808. The summed E-state index contributed by atoms with van der Waals surface area (Å²) in [5, 5.41) is 8.66. The summed E-state index contributed by atoms with van der Waals surface area (Å²) in [6.07, 6.45) is 1.55. The molecule has 2 aromatic rings. The molecule has 7 nitrogen and oxygen atoms in total. The number of carbonyl (C=O) groups is 1. The van der Waals surface area contributed by atoms with Gasteiger partial charge >= 0.3 is 5.97 Å². The summed E-state index contributed by atoms with van der Waals surface area (Å²) in [7, 11) is 1.36. The van der Waals surface area contributed by atoms with E-state index in [-0.39, 0.29) is 12.0 Å². The van der Waals surface area contributed by atoms with E-state index in [9.17, 15) is 4.79 Å². The molecule has 0 radical (unpaired) electrons. The predicted octanol–water partition coefficient (Wildman–Crippen LogP) is 2.16. The third kappa shape index (κ3) is 2.78. The lowest BCUT2D eigenvalue weighted by Crippen LogP contribution is -2.37. The Morgan fingerprint density at radius 1 is 1.35 bits per heavy atom. The van der Waals surface area contributed by atoms with E-state index in [4.69, 9.17) is 4.74 Å². The Morgan fingerprint density at radius 2 is 2.13 bits per heavy atom. The minimum atomic E-state index is -0.377. The first-order chi connectivity index (χ1) is 11.0. The lowest BCUT2D eigenvalue weighted by Gasteiger charge is -2.33. The summed E-state index contributed by atoms with van der Waals surface area (Å²) in [6.45, 7) is 7.91. The van der Waals surface area contributed by atoms with Crippen molar-refractivity contribution in [3.8, 4) is 0 Å². The maximum atomic E-state index is 11.5. The van der Waals surface area contributed by atoms with Gasteiger partial charge in [0.25, 0.3) is 0 Å². The molecule has 3 heterocycles. The summed E-state index contributed by atoms with van der Waals surface area (Å²) in [5.41, 5.74) is 0.451. The number of nitrogens with zero attached hydrogens (tertiary/aromatic N) is 5. The zero-order chi connectivity index (χ0) is 16.6. The van der Waals surface area contributed by atoms with Crippen molar-refractivity contribution >= 4 is 11.8 Å². The highest BCUT2D eigenvalue weighted by Crippen LogP contribution is 2.27. The van der Waals surface area contributed by atoms with E-state index in [1.807, 2.05) is 6.07 Å². The van der Waals surface area contributed by atoms with Crippen LogP contribution in [0.4, 0.5) is 5.82 Å². The molecule has 2 aromatic heterocycles. The predicted molar refractivity (Wildman–Crippen MR) is 85.4 cm³/mol. The second kappa shape index (κ2) is 5.98. The van der Waals surface area contributed by atoms with E-state index < -0.39 is 0 Å². The number of pyridine rings is 1. The molecule has 0 unspecified atom stereocenters. The van der Waals surface area contributed by atoms with Crippen molar-refractivity contribution < 1.29 is 9.53 Å². The Kier molecular flexibility index (Phi) is 4.02. The maximum Gasteiger partial charge on any atom is 0.339 e. The Hall–Kier alpha value is -2.44. The van der Waals surface area contributed by atoms with Gasteiger partial charge < -0.3 is 14.2 Å². The smallest absolute Gasteiger partial charge is 0.339 e.